The standard InChI is InChI=1S/C18H14FN5OS2/c1-11(15-21-22-16(25-15)12-6-3-2-4-7-12)26-18-24-23-17(27-18)20-14-9-5-8-13(19)10-14/h2-11H,1H3,(H,20,23)/t11-/m1/s1. The molecule has 2 heterocycles. The van der Waals surface area contributed by atoms with Crippen LogP contribution in [0, 0.1) is 5.82 Å². The Morgan fingerprint density at radius 2 is 1.89 bits per heavy atom. The lowest BCUT2D eigenvalue weighted by molar-refractivity contribution is 0.509. The van der Waals surface area contributed by atoms with Gasteiger partial charge in [0.25, 0.3) is 0 Å². The minimum Gasteiger partial charge on any atom is -0.419 e. The van der Waals surface area contributed by atoms with E-state index in [1.54, 1.807) is 12.1 Å². The van der Waals surface area contributed by atoms with Crippen molar-refractivity contribution in [1.29, 1.82) is 0 Å². The highest BCUT2D eigenvalue weighted by atomic mass is 32.2. The molecule has 2 aromatic heterocycles. The average molecular weight is 399 g/mol. The van der Waals surface area contributed by atoms with Crippen LogP contribution in [0.15, 0.2) is 63.4 Å². The number of nitrogens with one attached hydrogen (secondary N) is 1. The van der Waals surface area contributed by atoms with Crippen LogP contribution in [-0.4, -0.2) is 20.4 Å². The summed E-state index contributed by atoms with van der Waals surface area (Å²) in [4.78, 5) is 0. The van der Waals surface area contributed by atoms with Gasteiger partial charge in [-0.15, -0.1) is 20.4 Å². The Labute approximate surface area is 162 Å². The number of anilines is 2. The molecule has 1 atom stereocenters. The fourth-order valence-electron chi connectivity index (χ4n) is 2.30. The Hall–Kier alpha value is -2.78. The molecule has 6 nitrogen and oxygen atoms in total. The number of benzene rings is 2. The van der Waals surface area contributed by atoms with Crippen molar-refractivity contribution in [3.8, 4) is 11.5 Å². The molecule has 2 aromatic carbocycles. The SMILES string of the molecule is C[C@@H](Sc1nnc(Nc2cccc(F)c2)s1)c1nnc(-c2ccccc2)o1. The Morgan fingerprint density at radius 3 is 2.70 bits per heavy atom. The van der Waals surface area contributed by atoms with Gasteiger partial charge in [0.2, 0.25) is 16.9 Å². The Kier molecular flexibility index (Phi) is 5.12. The van der Waals surface area contributed by atoms with E-state index >= 15 is 0 Å². The summed E-state index contributed by atoms with van der Waals surface area (Å²) in [5, 5.41) is 20.0. The number of halogens is 1. The van der Waals surface area contributed by atoms with Gasteiger partial charge >= 0.3 is 0 Å². The van der Waals surface area contributed by atoms with E-state index in [0.717, 1.165) is 9.90 Å². The van der Waals surface area contributed by atoms with Crippen molar-refractivity contribution in [2.24, 2.45) is 0 Å². The van der Waals surface area contributed by atoms with Gasteiger partial charge in [0.05, 0.1) is 5.25 Å². The zero-order valence-electron chi connectivity index (χ0n) is 14.2. The van der Waals surface area contributed by atoms with Crippen LogP contribution >= 0.6 is 23.1 Å². The molecule has 0 saturated heterocycles. The Morgan fingerprint density at radius 1 is 1.04 bits per heavy atom. The molecule has 0 saturated carbocycles. The van der Waals surface area contributed by atoms with Gasteiger partial charge in [0.15, 0.2) is 4.34 Å². The largest absolute Gasteiger partial charge is 0.419 e. The van der Waals surface area contributed by atoms with Crippen molar-refractivity contribution in [2.45, 2.75) is 16.5 Å². The number of thioether (sulfide) groups is 1. The van der Waals surface area contributed by atoms with E-state index in [-0.39, 0.29) is 11.1 Å². The second-order valence-electron chi connectivity index (χ2n) is 5.58. The number of aromatic nitrogens is 4. The first-order chi connectivity index (χ1) is 13.2. The number of hydrogen-bond donors (Lipinski definition) is 1. The van der Waals surface area contributed by atoms with Gasteiger partial charge in [0, 0.05) is 11.3 Å². The lowest BCUT2D eigenvalue weighted by Crippen LogP contribution is -1.89. The molecule has 0 radical (unpaired) electrons. The summed E-state index contributed by atoms with van der Waals surface area (Å²) in [6, 6.07) is 15.8. The Bertz CT molecular complexity index is 1040. The van der Waals surface area contributed by atoms with Gasteiger partial charge in [-0.25, -0.2) is 4.39 Å². The summed E-state index contributed by atoms with van der Waals surface area (Å²) >= 11 is 2.85. The van der Waals surface area contributed by atoms with Crippen molar-refractivity contribution in [3.63, 3.8) is 0 Å². The van der Waals surface area contributed by atoms with E-state index < -0.39 is 0 Å². The van der Waals surface area contributed by atoms with Gasteiger partial charge in [-0.2, -0.15) is 0 Å². The summed E-state index contributed by atoms with van der Waals surface area (Å²) in [6.07, 6.45) is 0. The summed E-state index contributed by atoms with van der Waals surface area (Å²) < 4.78 is 19.8. The maximum atomic E-state index is 13.3. The van der Waals surface area contributed by atoms with Crippen molar-refractivity contribution in [3.05, 3.63) is 66.3 Å². The van der Waals surface area contributed by atoms with Crippen LogP contribution in [0.5, 0.6) is 0 Å². The van der Waals surface area contributed by atoms with Crippen molar-refractivity contribution < 1.29 is 8.81 Å². The van der Waals surface area contributed by atoms with Crippen LogP contribution in [0.2, 0.25) is 0 Å². The molecule has 0 aliphatic carbocycles. The predicted octanol–water partition coefficient (Wildman–Crippen LogP) is 5.32. The molecule has 0 aliphatic rings. The maximum Gasteiger partial charge on any atom is 0.247 e. The lowest BCUT2D eigenvalue weighted by Gasteiger charge is -2.02. The summed E-state index contributed by atoms with van der Waals surface area (Å²) in [5.41, 5.74) is 1.51. The van der Waals surface area contributed by atoms with E-state index in [2.05, 4.69) is 25.7 Å². The first-order valence-electron chi connectivity index (χ1n) is 8.09. The smallest absolute Gasteiger partial charge is 0.247 e. The molecule has 136 valence electrons. The average Bonchev–Trinajstić information content (AvgIpc) is 3.32. The quantitative estimate of drug-likeness (QED) is 0.439. The monoisotopic (exact) mass is 399 g/mol. The van der Waals surface area contributed by atoms with Crippen LogP contribution in [0.3, 0.4) is 0 Å². The predicted molar refractivity (Wildman–Crippen MR) is 104 cm³/mol. The minimum atomic E-state index is -0.307. The van der Waals surface area contributed by atoms with E-state index in [9.17, 15) is 4.39 Å². The molecule has 0 aliphatic heterocycles. The van der Waals surface area contributed by atoms with E-state index in [0.29, 0.717) is 22.6 Å². The van der Waals surface area contributed by atoms with Crippen molar-refractivity contribution in [2.75, 3.05) is 5.32 Å². The highest BCUT2D eigenvalue weighted by molar-refractivity contribution is 8.01. The van der Waals surface area contributed by atoms with E-state index in [1.165, 1.54) is 35.2 Å². The van der Waals surface area contributed by atoms with Crippen LogP contribution < -0.4 is 5.32 Å². The molecular weight excluding hydrogens is 385 g/mol. The molecule has 4 aromatic rings. The van der Waals surface area contributed by atoms with Crippen LogP contribution in [-0.2, 0) is 0 Å². The first-order valence-corrected chi connectivity index (χ1v) is 9.78. The summed E-state index contributed by atoms with van der Waals surface area (Å²) in [5.74, 6) is 0.704. The molecule has 0 spiro atoms. The lowest BCUT2D eigenvalue weighted by atomic mass is 10.2. The molecular formula is C18H14FN5OS2. The minimum absolute atomic E-state index is 0.0788. The molecule has 0 fully saturated rings. The molecule has 1 N–H and O–H groups in total. The van der Waals surface area contributed by atoms with Crippen LogP contribution in [0.1, 0.15) is 18.1 Å². The highest BCUT2D eigenvalue weighted by Gasteiger charge is 2.18. The van der Waals surface area contributed by atoms with Crippen LogP contribution in [0.4, 0.5) is 15.2 Å². The molecule has 27 heavy (non-hydrogen) atoms. The van der Waals surface area contributed by atoms with Crippen molar-refractivity contribution >= 4 is 33.9 Å². The maximum absolute atomic E-state index is 13.3. The van der Waals surface area contributed by atoms with Gasteiger partial charge in [0.1, 0.15) is 5.82 Å². The van der Waals surface area contributed by atoms with Gasteiger partial charge in [-0.05, 0) is 37.3 Å². The second-order valence-corrected chi connectivity index (χ2v) is 8.15. The summed E-state index contributed by atoms with van der Waals surface area (Å²) in [7, 11) is 0. The molecule has 4 rings (SSSR count). The zero-order valence-corrected chi connectivity index (χ0v) is 15.8. The first kappa shape index (κ1) is 17.6. The zero-order chi connectivity index (χ0) is 18.6. The molecule has 0 bridgehead atoms. The molecule has 0 amide bonds. The fraction of sp³-hybridized carbons (Fsp3) is 0.111. The topological polar surface area (TPSA) is 76.7 Å². The Balaban J connectivity index is 1.42. The third kappa shape index (κ3) is 4.32. The third-order valence-electron chi connectivity index (χ3n) is 3.57. The van der Waals surface area contributed by atoms with Gasteiger partial charge in [-0.3, -0.25) is 0 Å². The normalized spacial score (nSPS) is 12.1. The molecule has 0 unspecified atom stereocenters. The number of hydrogen-bond acceptors (Lipinski definition) is 8. The third-order valence-corrected chi connectivity index (χ3v) is 5.58. The summed E-state index contributed by atoms with van der Waals surface area (Å²) in [6.45, 7) is 1.97. The van der Waals surface area contributed by atoms with Crippen LogP contribution in [0.25, 0.3) is 11.5 Å². The fourth-order valence-corrected chi connectivity index (χ4v) is 4.24. The van der Waals surface area contributed by atoms with Gasteiger partial charge in [-0.1, -0.05) is 47.4 Å². The second kappa shape index (κ2) is 7.85. The molecule has 9 heteroatoms. The van der Waals surface area contributed by atoms with Gasteiger partial charge < -0.3 is 9.73 Å². The van der Waals surface area contributed by atoms with Crippen molar-refractivity contribution in [1.82, 2.24) is 20.4 Å². The van der Waals surface area contributed by atoms with E-state index in [4.69, 9.17) is 4.42 Å². The number of rotatable bonds is 6. The number of nitrogens with zero attached hydrogens (tertiary/aromatic N) is 4. The van der Waals surface area contributed by atoms with E-state index in [1.807, 2.05) is 37.3 Å². The highest BCUT2D eigenvalue weighted by Crippen LogP contribution is 2.38.